The standard InChI is InChI=1S/C36H29N3O6/c1-37-34(43)38-15-14-26-29(39(38)35(37)44)19-28-33(42)27(21-8-4-2-5-9-21)18-31(41)36(28,24-10-6-3-7-11-24)32(26)23-16-22-17-25(40)12-13-30(22)45-20-23/h2-14,17-18,20,28-29,32,40H,15-16,19H2,1H3/t28-,29+,32-,36-/m0/s1. The number of phenolic OH excluding ortho intramolecular Hbond substituents is 1. The van der Waals surface area contributed by atoms with Crippen molar-refractivity contribution < 1.29 is 19.4 Å². The van der Waals surface area contributed by atoms with Crippen molar-refractivity contribution in [2.75, 3.05) is 0 Å². The maximum atomic E-state index is 15.0. The average molecular weight is 600 g/mol. The number of nitrogens with zero attached hydrogens (tertiary/aromatic N) is 3. The van der Waals surface area contributed by atoms with E-state index in [9.17, 15) is 24.3 Å². The Morgan fingerprint density at radius 1 is 0.911 bits per heavy atom. The van der Waals surface area contributed by atoms with Crippen molar-refractivity contribution >= 4 is 17.1 Å². The second-order valence-electron chi connectivity index (χ2n) is 12.2. The highest BCUT2D eigenvalue weighted by Gasteiger charge is 2.63. The molecule has 9 heteroatoms. The Hall–Kier alpha value is -5.44. The van der Waals surface area contributed by atoms with E-state index in [0.29, 0.717) is 28.9 Å². The Balaban J connectivity index is 1.41. The summed E-state index contributed by atoms with van der Waals surface area (Å²) in [6, 6.07) is 22.8. The molecule has 45 heavy (non-hydrogen) atoms. The van der Waals surface area contributed by atoms with Gasteiger partial charge in [0.05, 0.1) is 24.3 Å². The third kappa shape index (κ3) is 3.73. The number of phenols is 1. The van der Waals surface area contributed by atoms with E-state index in [1.807, 2.05) is 66.7 Å². The predicted molar refractivity (Wildman–Crippen MR) is 166 cm³/mol. The number of carbonyl (C=O) groups excluding carboxylic acids is 2. The zero-order valence-corrected chi connectivity index (χ0v) is 24.4. The Bertz CT molecular complexity index is 2130. The summed E-state index contributed by atoms with van der Waals surface area (Å²) < 4.78 is 10.1. The zero-order valence-electron chi connectivity index (χ0n) is 24.4. The van der Waals surface area contributed by atoms with Crippen molar-refractivity contribution in [1.29, 1.82) is 0 Å². The first-order valence-corrected chi connectivity index (χ1v) is 15.0. The number of allylic oxidation sites excluding steroid dienone is 5. The lowest BCUT2D eigenvalue weighted by Gasteiger charge is -2.54. The van der Waals surface area contributed by atoms with Gasteiger partial charge < -0.3 is 9.84 Å². The molecule has 8 rings (SSSR count). The second-order valence-corrected chi connectivity index (χ2v) is 12.2. The molecule has 9 nitrogen and oxygen atoms in total. The average Bonchev–Trinajstić information content (AvgIpc) is 3.29. The number of ether oxygens (including phenoxy) is 1. The lowest BCUT2D eigenvalue weighted by atomic mass is 9.47. The monoisotopic (exact) mass is 599 g/mol. The molecule has 3 heterocycles. The van der Waals surface area contributed by atoms with Gasteiger partial charge in [0.15, 0.2) is 11.6 Å². The van der Waals surface area contributed by atoms with Gasteiger partial charge in [0, 0.05) is 36.4 Å². The summed E-state index contributed by atoms with van der Waals surface area (Å²) in [6.45, 7) is 0.144. The minimum atomic E-state index is -1.34. The summed E-state index contributed by atoms with van der Waals surface area (Å²) in [5.41, 5.74) is 1.71. The molecule has 1 fully saturated rings. The molecule has 0 saturated heterocycles. The highest BCUT2D eigenvalue weighted by Crippen LogP contribution is 2.60. The Morgan fingerprint density at radius 2 is 1.64 bits per heavy atom. The number of aromatic nitrogens is 3. The predicted octanol–water partition coefficient (Wildman–Crippen LogP) is 3.86. The van der Waals surface area contributed by atoms with Crippen LogP contribution in [0.15, 0.2) is 118 Å². The molecule has 4 aliphatic rings. The van der Waals surface area contributed by atoms with Crippen molar-refractivity contribution in [3.8, 4) is 11.5 Å². The lowest BCUT2D eigenvalue weighted by Crippen LogP contribution is -2.60. The van der Waals surface area contributed by atoms with Crippen molar-refractivity contribution in [1.82, 2.24) is 13.9 Å². The molecule has 2 aliphatic heterocycles. The first-order chi connectivity index (χ1) is 21.8. The zero-order chi connectivity index (χ0) is 31.0. The number of hydrogen-bond donors (Lipinski definition) is 1. The summed E-state index contributed by atoms with van der Waals surface area (Å²) >= 11 is 0. The maximum Gasteiger partial charge on any atom is 0.347 e. The molecule has 224 valence electrons. The summed E-state index contributed by atoms with van der Waals surface area (Å²) in [5.74, 6) is -1.25. The van der Waals surface area contributed by atoms with Gasteiger partial charge >= 0.3 is 11.4 Å². The molecule has 2 aliphatic carbocycles. The quantitative estimate of drug-likeness (QED) is 0.358. The molecule has 0 radical (unpaired) electrons. The van der Waals surface area contributed by atoms with Gasteiger partial charge in [0.25, 0.3) is 0 Å². The van der Waals surface area contributed by atoms with E-state index in [1.165, 1.54) is 22.5 Å². The van der Waals surface area contributed by atoms with Crippen LogP contribution in [0.4, 0.5) is 0 Å². The van der Waals surface area contributed by atoms with Crippen LogP contribution in [-0.4, -0.2) is 30.6 Å². The van der Waals surface area contributed by atoms with Crippen LogP contribution in [0.1, 0.15) is 29.2 Å². The van der Waals surface area contributed by atoms with Crippen molar-refractivity contribution in [2.45, 2.75) is 30.8 Å². The summed E-state index contributed by atoms with van der Waals surface area (Å²) in [6.07, 6.45) is 5.59. The fraction of sp³-hybridized carbons (Fsp3) is 0.222. The summed E-state index contributed by atoms with van der Waals surface area (Å²) in [7, 11) is 1.45. The van der Waals surface area contributed by atoms with Gasteiger partial charge in [-0.1, -0.05) is 66.7 Å². The van der Waals surface area contributed by atoms with E-state index in [0.717, 1.165) is 21.3 Å². The van der Waals surface area contributed by atoms with E-state index >= 15 is 0 Å². The van der Waals surface area contributed by atoms with Gasteiger partial charge in [-0.3, -0.25) is 9.59 Å². The van der Waals surface area contributed by atoms with Crippen LogP contribution in [0.3, 0.4) is 0 Å². The third-order valence-electron chi connectivity index (χ3n) is 9.98. The number of aromatic hydroxyl groups is 1. The van der Waals surface area contributed by atoms with Crippen molar-refractivity contribution in [3.05, 3.63) is 146 Å². The molecule has 0 bridgehead atoms. The van der Waals surface area contributed by atoms with E-state index in [-0.39, 0.29) is 30.3 Å². The normalized spacial score (nSPS) is 25.1. The highest BCUT2D eigenvalue weighted by molar-refractivity contribution is 6.31. The Kier molecular flexibility index (Phi) is 5.90. The SMILES string of the molecule is Cn1c(=O)n2n(c1=O)[C@@H]1C[C@H]3C(=O)C(c4ccccc4)=CC(=O)[C@@]3(c3ccccc3)[C@@H](C3=COc4ccc(O)cc4C3)C1=CC2. The van der Waals surface area contributed by atoms with Gasteiger partial charge in [-0.15, -0.1) is 0 Å². The van der Waals surface area contributed by atoms with Gasteiger partial charge in [-0.25, -0.2) is 23.5 Å². The van der Waals surface area contributed by atoms with Crippen molar-refractivity contribution in [3.63, 3.8) is 0 Å². The molecule has 1 N–H and O–H groups in total. The first-order valence-electron chi connectivity index (χ1n) is 15.0. The molecular weight excluding hydrogens is 570 g/mol. The minimum absolute atomic E-state index is 0.0897. The van der Waals surface area contributed by atoms with E-state index in [2.05, 4.69) is 0 Å². The minimum Gasteiger partial charge on any atom is -0.508 e. The molecule has 4 atom stereocenters. The van der Waals surface area contributed by atoms with Crippen molar-refractivity contribution in [2.24, 2.45) is 18.9 Å². The number of hydrogen-bond acceptors (Lipinski definition) is 6. The van der Waals surface area contributed by atoms with Gasteiger partial charge in [0.2, 0.25) is 0 Å². The Labute approximate surface area is 257 Å². The van der Waals surface area contributed by atoms with Crippen LogP contribution in [-0.2, 0) is 35.0 Å². The van der Waals surface area contributed by atoms with E-state index in [1.54, 1.807) is 24.5 Å². The van der Waals surface area contributed by atoms with E-state index < -0.39 is 34.7 Å². The van der Waals surface area contributed by atoms with Crippen LogP contribution in [0.2, 0.25) is 0 Å². The van der Waals surface area contributed by atoms with Crippen LogP contribution in [0.25, 0.3) is 5.57 Å². The molecule has 1 aromatic heterocycles. The summed E-state index contributed by atoms with van der Waals surface area (Å²) in [4.78, 5) is 56.4. The number of benzene rings is 3. The van der Waals surface area contributed by atoms with Crippen LogP contribution in [0.5, 0.6) is 11.5 Å². The van der Waals surface area contributed by atoms with Crippen LogP contribution < -0.4 is 16.1 Å². The summed E-state index contributed by atoms with van der Waals surface area (Å²) in [5, 5.41) is 10.3. The fourth-order valence-corrected chi connectivity index (χ4v) is 8.06. The molecule has 0 unspecified atom stereocenters. The topological polar surface area (TPSA) is 113 Å². The lowest BCUT2D eigenvalue weighted by molar-refractivity contribution is -0.134. The number of fused-ring (bicyclic) bond motifs is 5. The largest absolute Gasteiger partial charge is 0.508 e. The highest BCUT2D eigenvalue weighted by atomic mass is 16.5. The number of rotatable bonds is 3. The third-order valence-corrected chi connectivity index (χ3v) is 9.98. The first kappa shape index (κ1) is 27.1. The Morgan fingerprint density at radius 3 is 2.40 bits per heavy atom. The number of carbonyl (C=O) groups is 2. The molecular formula is C36H29N3O6. The number of ketones is 2. The molecule has 3 aromatic carbocycles. The second kappa shape index (κ2) is 9.79. The fourth-order valence-electron chi connectivity index (χ4n) is 8.06. The van der Waals surface area contributed by atoms with Crippen LogP contribution in [0, 0.1) is 11.8 Å². The van der Waals surface area contributed by atoms with E-state index in [4.69, 9.17) is 4.74 Å². The molecule has 0 amide bonds. The van der Waals surface area contributed by atoms with Gasteiger partial charge in [-0.05, 0) is 53.0 Å². The number of Topliss-reactive ketones (excluding diaryl/α,β-unsaturated/α-hetero) is 1. The van der Waals surface area contributed by atoms with Crippen LogP contribution >= 0.6 is 0 Å². The van der Waals surface area contributed by atoms with Gasteiger partial charge in [0.1, 0.15) is 11.5 Å². The smallest absolute Gasteiger partial charge is 0.347 e. The maximum absolute atomic E-state index is 15.0. The molecule has 4 aromatic rings. The molecule has 0 spiro atoms. The van der Waals surface area contributed by atoms with Gasteiger partial charge in [-0.2, -0.15) is 0 Å². The molecule has 1 saturated carbocycles.